The van der Waals surface area contributed by atoms with Gasteiger partial charge < -0.3 is 5.32 Å². The Labute approximate surface area is 150 Å². The number of aryl methyl sites for hydroxylation is 1. The molecule has 4 bridgehead atoms. The van der Waals surface area contributed by atoms with Gasteiger partial charge in [-0.15, -0.1) is 22.9 Å². The van der Waals surface area contributed by atoms with Gasteiger partial charge in [-0.25, -0.2) is 4.98 Å². The van der Waals surface area contributed by atoms with Gasteiger partial charge in [0.2, 0.25) is 5.91 Å². The van der Waals surface area contributed by atoms with Crippen LogP contribution in [0.2, 0.25) is 0 Å². The fourth-order valence-electron chi connectivity index (χ4n) is 5.80. The van der Waals surface area contributed by atoms with Crippen molar-refractivity contribution in [2.75, 3.05) is 5.32 Å². The lowest BCUT2D eigenvalue weighted by molar-refractivity contribution is -0.138. The highest BCUT2D eigenvalue weighted by Crippen LogP contribution is 2.64. The van der Waals surface area contributed by atoms with E-state index in [0.29, 0.717) is 11.8 Å². The van der Waals surface area contributed by atoms with Gasteiger partial charge in [0.05, 0.1) is 20.6 Å². The average molecular weight is 361 g/mol. The van der Waals surface area contributed by atoms with Crippen molar-refractivity contribution in [1.82, 2.24) is 4.98 Å². The number of thiazole rings is 1. The van der Waals surface area contributed by atoms with Crippen LogP contribution >= 0.6 is 22.9 Å². The molecule has 4 aliphatic carbocycles. The molecule has 3 nitrogen and oxygen atoms in total. The number of alkyl halides is 1. The summed E-state index contributed by atoms with van der Waals surface area (Å²) in [5.41, 5.74) is 1.64. The second-order valence-electron chi connectivity index (χ2n) is 8.26. The van der Waals surface area contributed by atoms with E-state index in [2.05, 4.69) is 16.4 Å². The number of carbonyl (C=O) groups excluding carboxylic acids is 1. The number of hydrogen-bond acceptors (Lipinski definition) is 3. The molecule has 5 heteroatoms. The van der Waals surface area contributed by atoms with Crippen molar-refractivity contribution in [3.63, 3.8) is 0 Å². The smallest absolute Gasteiger partial charge is 0.230 e. The predicted molar refractivity (Wildman–Crippen MR) is 98.7 cm³/mol. The minimum atomic E-state index is -0.246. The van der Waals surface area contributed by atoms with Crippen LogP contribution in [0.4, 0.5) is 5.69 Å². The summed E-state index contributed by atoms with van der Waals surface area (Å²) in [7, 11) is 0. The zero-order valence-electron chi connectivity index (χ0n) is 13.8. The number of hydrogen-bond donors (Lipinski definition) is 1. The fraction of sp³-hybridized carbons (Fsp3) is 0.579. The van der Waals surface area contributed by atoms with Gasteiger partial charge in [0, 0.05) is 10.6 Å². The first kappa shape index (κ1) is 15.2. The number of benzene rings is 1. The largest absolute Gasteiger partial charge is 0.326 e. The third-order valence-corrected chi connectivity index (χ3v) is 7.60. The summed E-state index contributed by atoms with van der Waals surface area (Å²) in [5, 5.41) is 4.25. The molecule has 1 aromatic heterocycles. The molecular formula is C19H21ClN2OS. The Morgan fingerprint density at radius 2 is 2.04 bits per heavy atom. The Morgan fingerprint density at radius 3 is 2.75 bits per heavy atom. The maximum absolute atomic E-state index is 13.2. The molecule has 0 spiro atoms. The maximum Gasteiger partial charge on any atom is 0.230 e. The minimum absolute atomic E-state index is 0.125. The zero-order chi connectivity index (χ0) is 16.5. The maximum atomic E-state index is 13.2. The van der Waals surface area contributed by atoms with Crippen LogP contribution in [-0.2, 0) is 4.79 Å². The number of anilines is 1. The lowest BCUT2D eigenvalue weighted by Crippen LogP contribution is -2.57. The number of carbonyl (C=O) groups is 1. The van der Waals surface area contributed by atoms with Crippen LogP contribution in [0.1, 0.15) is 43.5 Å². The normalized spacial score (nSPS) is 37.1. The van der Waals surface area contributed by atoms with Crippen LogP contribution in [0.5, 0.6) is 0 Å². The number of nitrogens with zero attached hydrogens (tertiary/aromatic N) is 1. The van der Waals surface area contributed by atoms with E-state index >= 15 is 0 Å². The quantitative estimate of drug-likeness (QED) is 0.755. The first-order chi connectivity index (χ1) is 11.4. The Bertz CT molecular complexity index is 831. The number of halogens is 1. The Kier molecular flexibility index (Phi) is 3.12. The van der Waals surface area contributed by atoms with Gasteiger partial charge in [-0.1, -0.05) is 0 Å². The first-order valence-electron chi connectivity index (χ1n) is 8.81. The van der Waals surface area contributed by atoms with E-state index in [1.165, 1.54) is 6.42 Å². The molecule has 0 saturated heterocycles. The highest BCUT2D eigenvalue weighted by Gasteiger charge is 2.60. The molecule has 126 valence electrons. The Morgan fingerprint density at radius 1 is 1.29 bits per heavy atom. The van der Waals surface area contributed by atoms with Crippen molar-refractivity contribution >= 4 is 44.7 Å². The second kappa shape index (κ2) is 4.95. The van der Waals surface area contributed by atoms with Gasteiger partial charge in [-0.05, 0) is 75.5 Å². The van der Waals surface area contributed by atoms with Crippen LogP contribution in [-0.4, -0.2) is 15.8 Å². The van der Waals surface area contributed by atoms with Crippen LogP contribution in [0.25, 0.3) is 10.2 Å². The highest BCUT2D eigenvalue weighted by molar-refractivity contribution is 7.18. The van der Waals surface area contributed by atoms with Gasteiger partial charge in [0.15, 0.2) is 0 Å². The lowest BCUT2D eigenvalue weighted by atomic mass is 9.49. The molecule has 0 radical (unpaired) electrons. The zero-order valence-corrected chi connectivity index (χ0v) is 15.3. The molecule has 4 saturated carbocycles. The van der Waals surface area contributed by atoms with Gasteiger partial charge in [-0.3, -0.25) is 4.79 Å². The molecule has 0 aliphatic heterocycles. The number of aromatic nitrogens is 1. The Balaban J connectivity index is 1.43. The molecule has 4 aliphatic rings. The molecule has 1 aromatic carbocycles. The second-order valence-corrected chi connectivity index (χ2v) is 10.3. The van der Waals surface area contributed by atoms with Crippen molar-refractivity contribution in [3.05, 3.63) is 23.2 Å². The van der Waals surface area contributed by atoms with Crippen molar-refractivity contribution in [3.8, 4) is 0 Å². The van der Waals surface area contributed by atoms with Crippen molar-refractivity contribution in [2.24, 2.45) is 17.3 Å². The first-order valence-corrected chi connectivity index (χ1v) is 10.0. The van der Waals surface area contributed by atoms with E-state index in [1.54, 1.807) is 11.3 Å². The lowest BCUT2D eigenvalue weighted by Gasteiger charge is -2.59. The molecule has 1 amide bonds. The standard InChI is InChI=1S/C19H21ClN2OS/c1-11-21-15-3-2-14(5-16(15)24-11)22-17(23)18-6-12-4-13(7-18)9-19(20,8-12)10-18/h2-3,5,12-13H,4,6-10H2,1H3,(H,22,23)/t12-,13-,18?,19?/m1/s1. The number of fused-ring (bicyclic) bond motifs is 1. The van der Waals surface area contributed by atoms with E-state index in [-0.39, 0.29) is 16.2 Å². The molecule has 6 rings (SSSR count). The molecule has 4 fully saturated rings. The highest BCUT2D eigenvalue weighted by atomic mass is 35.5. The monoisotopic (exact) mass is 360 g/mol. The summed E-state index contributed by atoms with van der Waals surface area (Å²) in [5.74, 6) is 1.46. The van der Waals surface area contributed by atoms with Crippen LogP contribution in [0, 0.1) is 24.2 Å². The summed E-state index contributed by atoms with van der Waals surface area (Å²) >= 11 is 8.53. The number of nitrogens with one attached hydrogen (secondary N) is 1. The van der Waals surface area contributed by atoms with Crippen molar-refractivity contribution in [2.45, 2.75) is 50.3 Å². The molecule has 0 unspecified atom stereocenters. The van der Waals surface area contributed by atoms with Crippen LogP contribution in [0.3, 0.4) is 0 Å². The molecule has 2 aromatic rings. The third-order valence-electron chi connectivity index (χ3n) is 6.22. The van der Waals surface area contributed by atoms with Crippen molar-refractivity contribution in [1.29, 1.82) is 0 Å². The summed E-state index contributed by atoms with van der Waals surface area (Å²) < 4.78 is 1.13. The van der Waals surface area contributed by atoms with Crippen LogP contribution < -0.4 is 5.32 Å². The van der Waals surface area contributed by atoms with E-state index < -0.39 is 0 Å². The van der Waals surface area contributed by atoms with Gasteiger partial charge in [-0.2, -0.15) is 0 Å². The number of rotatable bonds is 2. The summed E-state index contributed by atoms with van der Waals surface area (Å²) in [6.45, 7) is 2.01. The summed E-state index contributed by atoms with van der Waals surface area (Å²) in [6.07, 6.45) is 6.37. The summed E-state index contributed by atoms with van der Waals surface area (Å²) in [6, 6.07) is 6.02. The van der Waals surface area contributed by atoms with E-state index in [0.717, 1.165) is 53.0 Å². The van der Waals surface area contributed by atoms with E-state index in [1.807, 2.05) is 19.1 Å². The van der Waals surface area contributed by atoms with Gasteiger partial charge >= 0.3 is 0 Å². The predicted octanol–water partition coefficient (Wildman–Crippen LogP) is 5.12. The molecular weight excluding hydrogens is 340 g/mol. The fourth-order valence-corrected chi connectivity index (χ4v) is 7.36. The molecule has 24 heavy (non-hydrogen) atoms. The molecule has 1 heterocycles. The minimum Gasteiger partial charge on any atom is -0.326 e. The van der Waals surface area contributed by atoms with Crippen molar-refractivity contribution < 1.29 is 4.79 Å². The molecule has 1 N–H and O–H groups in total. The Hall–Kier alpha value is -1.13. The van der Waals surface area contributed by atoms with Gasteiger partial charge in [0.1, 0.15) is 0 Å². The summed E-state index contributed by atoms with van der Waals surface area (Å²) in [4.78, 5) is 17.5. The average Bonchev–Trinajstić information content (AvgIpc) is 2.84. The SMILES string of the molecule is Cc1nc2ccc(NC(=O)C34C[C@H]5C[C@@H](CC(Cl)(C5)C3)C4)cc2s1. The van der Waals surface area contributed by atoms with Gasteiger partial charge in [0.25, 0.3) is 0 Å². The van der Waals surface area contributed by atoms with Crippen LogP contribution in [0.15, 0.2) is 18.2 Å². The third kappa shape index (κ3) is 2.30. The number of amides is 1. The molecule has 2 atom stereocenters. The van der Waals surface area contributed by atoms with E-state index in [9.17, 15) is 4.79 Å². The van der Waals surface area contributed by atoms with E-state index in [4.69, 9.17) is 11.6 Å². The topological polar surface area (TPSA) is 42.0 Å².